The largest absolute Gasteiger partial charge is 0.463 e. The van der Waals surface area contributed by atoms with Crippen LogP contribution in [0.5, 0.6) is 0 Å². The molecule has 9 nitrogen and oxygen atoms in total. The Kier molecular flexibility index (Phi) is 6.34. The van der Waals surface area contributed by atoms with Crippen molar-refractivity contribution in [2.45, 2.75) is 37.9 Å². The van der Waals surface area contributed by atoms with Gasteiger partial charge in [0.1, 0.15) is 12.1 Å². The molecular weight excluding hydrogens is 485 g/mol. The lowest BCUT2D eigenvalue weighted by molar-refractivity contribution is -0.139. The summed E-state index contributed by atoms with van der Waals surface area (Å²) >= 11 is 1.33. The second-order valence-electron chi connectivity index (χ2n) is 8.40. The number of alkyl halides is 2. The summed E-state index contributed by atoms with van der Waals surface area (Å²) in [6.07, 6.45) is 1.61. The number of aryl methyl sites for hydroxylation is 1. The Morgan fingerprint density at radius 2 is 2.23 bits per heavy atom. The third kappa shape index (κ3) is 4.44. The van der Waals surface area contributed by atoms with Crippen LogP contribution in [0, 0.1) is 12.9 Å². The zero-order chi connectivity index (χ0) is 24.7. The molecule has 186 valence electrons. The van der Waals surface area contributed by atoms with Crippen LogP contribution in [0.1, 0.15) is 29.2 Å². The van der Waals surface area contributed by atoms with Crippen LogP contribution in [0.25, 0.3) is 0 Å². The molecule has 0 saturated carbocycles. The molecule has 0 amide bonds. The van der Waals surface area contributed by atoms with Crippen LogP contribution in [-0.2, 0) is 14.4 Å². The summed E-state index contributed by atoms with van der Waals surface area (Å²) in [6.45, 7) is 2.96. The molecule has 13 heteroatoms. The molecule has 0 radical (unpaired) electrons. The van der Waals surface area contributed by atoms with Gasteiger partial charge in [-0.15, -0.1) is 11.3 Å². The Balaban J connectivity index is 1.60. The van der Waals surface area contributed by atoms with Gasteiger partial charge in [0.05, 0.1) is 31.4 Å². The van der Waals surface area contributed by atoms with E-state index < -0.39 is 42.5 Å². The van der Waals surface area contributed by atoms with E-state index in [4.69, 9.17) is 14.6 Å². The number of halogens is 3. The van der Waals surface area contributed by atoms with E-state index >= 15 is 0 Å². The van der Waals surface area contributed by atoms with Crippen LogP contribution in [0.3, 0.4) is 0 Å². The first kappa shape index (κ1) is 23.9. The highest BCUT2D eigenvalue weighted by Crippen LogP contribution is 2.38. The first-order valence-corrected chi connectivity index (χ1v) is 11.9. The van der Waals surface area contributed by atoms with E-state index in [1.165, 1.54) is 23.5 Å². The number of hydrogen-bond acceptors (Lipinski definition) is 10. The van der Waals surface area contributed by atoms with Gasteiger partial charge < -0.3 is 10.1 Å². The minimum absolute atomic E-state index is 0.00941. The maximum Gasteiger partial charge on any atom is 0.338 e. The summed E-state index contributed by atoms with van der Waals surface area (Å²) in [6, 6.07) is 0.0804. The van der Waals surface area contributed by atoms with Gasteiger partial charge in [0, 0.05) is 35.1 Å². The van der Waals surface area contributed by atoms with Crippen LogP contribution >= 0.6 is 11.3 Å². The third-order valence-corrected chi connectivity index (χ3v) is 6.97. The van der Waals surface area contributed by atoms with E-state index in [-0.39, 0.29) is 25.3 Å². The summed E-state index contributed by atoms with van der Waals surface area (Å²) in [5.74, 6) is -3.94. The molecule has 0 aliphatic carbocycles. The topological polar surface area (TPSA) is 101 Å². The van der Waals surface area contributed by atoms with Crippen molar-refractivity contribution < 1.29 is 27.5 Å². The van der Waals surface area contributed by atoms with E-state index in [2.05, 4.69) is 20.8 Å². The summed E-state index contributed by atoms with van der Waals surface area (Å²) in [7, 11) is 0. The first-order valence-electron chi connectivity index (χ1n) is 11.1. The first-order chi connectivity index (χ1) is 16.8. The van der Waals surface area contributed by atoms with Crippen molar-refractivity contribution in [1.82, 2.24) is 25.7 Å². The number of aromatic nitrogens is 2. The van der Waals surface area contributed by atoms with Crippen molar-refractivity contribution in [3.05, 3.63) is 57.2 Å². The fraction of sp³-hybridized carbons (Fsp3) is 0.455. The molecule has 2 N–H and O–H groups in total. The number of hydrogen-bond donors (Lipinski definition) is 2. The summed E-state index contributed by atoms with van der Waals surface area (Å²) in [5, 5.41) is 5.47. The van der Waals surface area contributed by atoms with Gasteiger partial charge in [0.15, 0.2) is 10.8 Å². The summed E-state index contributed by atoms with van der Waals surface area (Å²) in [5.41, 5.74) is 3.78. The molecule has 35 heavy (non-hydrogen) atoms. The van der Waals surface area contributed by atoms with Crippen molar-refractivity contribution in [1.29, 1.82) is 0 Å². The summed E-state index contributed by atoms with van der Waals surface area (Å²) < 4.78 is 48.3. The van der Waals surface area contributed by atoms with Gasteiger partial charge in [-0.05, 0) is 19.9 Å². The quantitative estimate of drug-likeness (QED) is 0.452. The average Bonchev–Trinajstić information content (AvgIpc) is 3.54. The number of fused-ring (bicyclic) bond motifs is 1. The highest BCUT2D eigenvalue weighted by molar-refractivity contribution is 7.11. The van der Waals surface area contributed by atoms with Gasteiger partial charge in [-0.2, -0.15) is 9.87 Å². The summed E-state index contributed by atoms with van der Waals surface area (Å²) in [4.78, 5) is 32.8. The predicted octanol–water partition coefficient (Wildman–Crippen LogP) is 2.12. The number of hydroxylamine groups is 1. The molecule has 3 aliphatic heterocycles. The van der Waals surface area contributed by atoms with Gasteiger partial charge in [-0.25, -0.2) is 23.5 Å². The number of rotatable bonds is 6. The number of likely N-dealkylation sites (tertiary alicyclic amines) is 1. The van der Waals surface area contributed by atoms with Crippen molar-refractivity contribution >= 4 is 23.1 Å². The van der Waals surface area contributed by atoms with Gasteiger partial charge in [0.2, 0.25) is 5.95 Å². The smallest absolute Gasteiger partial charge is 0.338 e. The second kappa shape index (κ2) is 9.30. The Labute approximate surface area is 203 Å². The molecule has 0 spiro atoms. The molecular formula is C22H23F3N6O3S. The van der Waals surface area contributed by atoms with Crippen molar-refractivity contribution in [3.8, 4) is 0 Å². The van der Waals surface area contributed by atoms with E-state index in [9.17, 15) is 18.0 Å². The predicted molar refractivity (Wildman–Crippen MR) is 120 cm³/mol. The van der Waals surface area contributed by atoms with Gasteiger partial charge in [-0.1, -0.05) is 6.07 Å². The van der Waals surface area contributed by atoms with Gasteiger partial charge >= 0.3 is 5.97 Å². The Bertz CT molecular complexity index is 1190. The van der Waals surface area contributed by atoms with E-state index in [1.807, 2.05) is 0 Å². The van der Waals surface area contributed by atoms with Crippen molar-refractivity contribution in [2.24, 2.45) is 4.99 Å². The lowest BCUT2D eigenvalue weighted by Gasteiger charge is -2.30. The molecule has 0 aromatic carbocycles. The number of nitrogens with one attached hydrogen (secondary N) is 2. The average molecular weight is 509 g/mol. The number of carbonyl (C=O) groups is 1. The molecule has 1 unspecified atom stereocenters. The number of esters is 1. The molecule has 2 fully saturated rings. The van der Waals surface area contributed by atoms with Crippen LogP contribution < -0.4 is 10.8 Å². The Morgan fingerprint density at radius 3 is 2.94 bits per heavy atom. The van der Waals surface area contributed by atoms with Crippen LogP contribution in [-0.4, -0.2) is 71.0 Å². The number of carbonyl (C=O) groups excluding carboxylic acids is 1. The maximum atomic E-state index is 14.6. The maximum absolute atomic E-state index is 14.6. The number of pyridine rings is 1. The third-order valence-electron chi connectivity index (χ3n) is 6.19. The zero-order valence-corrected chi connectivity index (χ0v) is 19.7. The Morgan fingerprint density at radius 1 is 1.40 bits per heavy atom. The highest BCUT2D eigenvalue weighted by atomic mass is 32.1. The number of ether oxygens (including phenoxy) is 1. The molecule has 0 bridgehead atoms. The van der Waals surface area contributed by atoms with Crippen LogP contribution in [0.2, 0.25) is 0 Å². The van der Waals surface area contributed by atoms with Crippen molar-refractivity contribution in [2.75, 3.05) is 26.3 Å². The van der Waals surface area contributed by atoms with E-state index in [0.717, 1.165) is 0 Å². The minimum Gasteiger partial charge on any atom is -0.463 e. The minimum atomic E-state index is -3.01. The molecule has 3 atom stereocenters. The Hall–Kier alpha value is -2.87. The molecule has 2 aromatic rings. The lowest BCUT2D eigenvalue weighted by atomic mass is 9.94. The monoisotopic (exact) mass is 508 g/mol. The van der Waals surface area contributed by atoms with E-state index in [0.29, 0.717) is 27.8 Å². The lowest BCUT2D eigenvalue weighted by Crippen LogP contribution is -2.43. The number of thiazole rings is 1. The van der Waals surface area contributed by atoms with Crippen LogP contribution in [0.4, 0.5) is 13.2 Å². The number of amidine groups is 1. The zero-order valence-electron chi connectivity index (χ0n) is 18.9. The number of aliphatic imine (C=N–C) groups is 1. The number of nitrogens with zero attached hydrogens (tertiary/aromatic N) is 4. The molecule has 3 aliphatic rings. The van der Waals surface area contributed by atoms with Gasteiger partial charge in [-0.3, -0.25) is 14.7 Å². The fourth-order valence-electron chi connectivity index (χ4n) is 4.62. The standard InChI is InChI=1S/C22H23F3N6O3S/c1-3-33-21(32)16-13(8-31-10-22(24,25)18-14(31)9-34-30-18)28-19(20-26-6-7-35-20)29-17(16)12-4-5-15(23)27-11(12)2/h4-7,14,17-18,30H,3,8-10H2,1-2H3,(H,28,29)/t14-,17?,18+/m0/s1. The molecule has 2 saturated heterocycles. The van der Waals surface area contributed by atoms with Gasteiger partial charge in [0.25, 0.3) is 5.92 Å². The SMILES string of the molecule is CCOC(=O)C1=C(CN2CC(F)(F)[C@@H]3NOC[C@@H]32)NC(c2nccs2)=NC1c1ccc(F)nc1C. The highest BCUT2D eigenvalue weighted by Gasteiger charge is 2.57. The van der Waals surface area contributed by atoms with E-state index in [1.54, 1.807) is 30.3 Å². The van der Waals surface area contributed by atoms with Crippen LogP contribution in [0.15, 0.2) is 40.0 Å². The van der Waals surface area contributed by atoms with Crippen molar-refractivity contribution in [3.63, 3.8) is 0 Å². The second-order valence-corrected chi connectivity index (χ2v) is 9.30. The molecule has 2 aromatic heterocycles. The molecule has 5 rings (SSSR count). The molecule has 5 heterocycles. The fourth-order valence-corrected chi connectivity index (χ4v) is 5.21. The normalized spacial score (nSPS) is 25.9.